The average molecular weight is 266 g/mol. The van der Waals surface area contributed by atoms with Gasteiger partial charge < -0.3 is 15.3 Å². The average Bonchev–Trinajstić information content (AvgIpc) is 2.46. The Kier molecular flexibility index (Phi) is 4.37. The van der Waals surface area contributed by atoms with Crippen LogP contribution in [0.4, 0.5) is 10.1 Å². The van der Waals surface area contributed by atoms with Crippen molar-refractivity contribution in [1.82, 2.24) is 5.32 Å². The second kappa shape index (κ2) is 6.02. The molecule has 1 unspecified atom stereocenters. The minimum Gasteiger partial charge on any atom is -0.391 e. The molecule has 1 heterocycles. The summed E-state index contributed by atoms with van der Waals surface area (Å²) >= 11 is 0. The molecule has 1 aromatic rings. The first-order valence-corrected chi connectivity index (χ1v) is 6.52. The fraction of sp³-hybridized carbons (Fsp3) is 0.500. The smallest absolute Gasteiger partial charge is 0.224 e. The molecular formula is C14H19FN2O2. The largest absolute Gasteiger partial charge is 0.391 e. The van der Waals surface area contributed by atoms with Crippen molar-refractivity contribution in [2.75, 3.05) is 25.0 Å². The normalized spacial score (nSPS) is 19.3. The van der Waals surface area contributed by atoms with E-state index in [-0.39, 0.29) is 18.4 Å². The van der Waals surface area contributed by atoms with E-state index in [0.717, 1.165) is 19.4 Å². The maximum Gasteiger partial charge on any atom is 0.224 e. The Bertz CT molecular complexity index is 465. The summed E-state index contributed by atoms with van der Waals surface area (Å²) in [6.45, 7) is 1.02. The molecule has 0 bridgehead atoms. The molecule has 2 N–H and O–H groups in total. The third kappa shape index (κ3) is 2.87. The van der Waals surface area contributed by atoms with Gasteiger partial charge in [0.1, 0.15) is 5.82 Å². The van der Waals surface area contributed by atoms with E-state index in [9.17, 15) is 14.3 Å². The molecule has 1 aliphatic rings. The summed E-state index contributed by atoms with van der Waals surface area (Å²) in [6, 6.07) is 4.77. The van der Waals surface area contributed by atoms with Crippen LogP contribution >= 0.6 is 0 Å². The molecule has 4 nitrogen and oxygen atoms in total. The molecule has 1 amide bonds. The van der Waals surface area contributed by atoms with E-state index in [1.807, 2.05) is 4.90 Å². The highest BCUT2D eigenvalue weighted by molar-refractivity contribution is 5.79. The lowest BCUT2D eigenvalue weighted by Crippen LogP contribution is -2.42. The topological polar surface area (TPSA) is 52.6 Å². The number of rotatable bonds is 3. The number of nitrogens with zero attached hydrogens (tertiary/aromatic N) is 1. The third-order valence-electron chi connectivity index (χ3n) is 3.63. The van der Waals surface area contributed by atoms with Gasteiger partial charge in [-0.3, -0.25) is 4.79 Å². The van der Waals surface area contributed by atoms with E-state index < -0.39 is 5.82 Å². The van der Waals surface area contributed by atoms with E-state index in [2.05, 4.69) is 5.32 Å². The van der Waals surface area contributed by atoms with Crippen molar-refractivity contribution in [2.24, 2.45) is 5.92 Å². The fourth-order valence-corrected chi connectivity index (χ4v) is 2.61. The lowest BCUT2D eigenvalue weighted by atomic mass is 9.96. The van der Waals surface area contributed by atoms with Crippen molar-refractivity contribution in [1.29, 1.82) is 0 Å². The van der Waals surface area contributed by atoms with Crippen molar-refractivity contribution in [3.05, 3.63) is 29.6 Å². The molecule has 104 valence electrons. The molecule has 1 atom stereocenters. The standard InChI is InChI=1S/C14H19FN2O2/c1-16-14(19)10-4-3-7-17(8-10)13-6-2-5-12(15)11(13)9-18/h2,5-6,10,18H,3-4,7-9H2,1H3,(H,16,19). The first-order chi connectivity index (χ1) is 9.17. The van der Waals surface area contributed by atoms with Gasteiger partial charge in [0.05, 0.1) is 12.5 Å². The van der Waals surface area contributed by atoms with Gasteiger partial charge in [0.15, 0.2) is 0 Å². The quantitative estimate of drug-likeness (QED) is 0.866. The first kappa shape index (κ1) is 13.8. The molecule has 0 aliphatic carbocycles. The Hall–Kier alpha value is -1.62. The minimum atomic E-state index is -0.401. The Labute approximate surface area is 112 Å². The van der Waals surface area contributed by atoms with Crippen LogP contribution in [0.2, 0.25) is 0 Å². The number of hydrogen-bond donors (Lipinski definition) is 2. The Balaban J connectivity index is 2.22. The molecule has 1 aromatic carbocycles. The molecule has 1 fully saturated rings. The highest BCUT2D eigenvalue weighted by atomic mass is 19.1. The maximum atomic E-state index is 13.7. The minimum absolute atomic E-state index is 0.0200. The van der Waals surface area contributed by atoms with Gasteiger partial charge >= 0.3 is 0 Å². The number of carbonyl (C=O) groups excluding carboxylic acids is 1. The van der Waals surface area contributed by atoms with Gasteiger partial charge in [-0.25, -0.2) is 4.39 Å². The van der Waals surface area contributed by atoms with Crippen LogP contribution in [0.25, 0.3) is 0 Å². The predicted octanol–water partition coefficient (Wildman–Crippen LogP) is 1.28. The summed E-state index contributed by atoms with van der Waals surface area (Å²) in [5.41, 5.74) is 0.996. The van der Waals surface area contributed by atoms with Crippen LogP contribution in [0.15, 0.2) is 18.2 Å². The lowest BCUT2D eigenvalue weighted by Gasteiger charge is -2.34. The van der Waals surface area contributed by atoms with Crippen molar-refractivity contribution in [2.45, 2.75) is 19.4 Å². The van der Waals surface area contributed by atoms with E-state index in [1.165, 1.54) is 6.07 Å². The zero-order chi connectivity index (χ0) is 13.8. The number of anilines is 1. The Morgan fingerprint density at radius 3 is 3.05 bits per heavy atom. The summed E-state index contributed by atoms with van der Waals surface area (Å²) < 4.78 is 13.7. The summed E-state index contributed by atoms with van der Waals surface area (Å²) in [7, 11) is 1.63. The van der Waals surface area contributed by atoms with Crippen molar-refractivity contribution >= 4 is 11.6 Å². The molecular weight excluding hydrogens is 247 g/mol. The highest BCUT2D eigenvalue weighted by Gasteiger charge is 2.26. The van der Waals surface area contributed by atoms with Gasteiger partial charge in [-0.1, -0.05) is 6.07 Å². The third-order valence-corrected chi connectivity index (χ3v) is 3.63. The van der Waals surface area contributed by atoms with Crippen LogP contribution < -0.4 is 10.2 Å². The van der Waals surface area contributed by atoms with E-state index in [1.54, 1.807) is 19.2 Å². The number of nitrogens with one attached hydrogen (secondary N) is 1. The van der Waals surface area contributed by atoms with Crippen LogP contribution in [0.1, 0.15) is 18.4 Å². The lowest BCUT2D eigenvalue weighted by molar-refractivity contribution is -0.124. The molecule has 0 radical (unpaired) electrons. The Morgan fingerprint density at radius 1 is 1.58 bits per heavy atom. The summed E-state index contributed by atoms with van der Waals surface area (Å²) in [5.74, 6) is -0.456. The summed E-state index contributed by atoms with van der Waals surface area (Å²) in [4.78, 5) is 13.7. The SMILES string of the molecule is CNC(=O)C1CCCN(c2cccc(F)c2CO)C1. The Morgan fingerprint density at radius 2 is 2.37 bits per heavy atom. The number of halogens is 1. The van der Waals surface area contributed by atoms with Crippen LogP contribution in [-0.4, -0.2) is 31.2 Å². The summed E-state index contributed by atoms with van der Waals surface area (Å²) in [5, 5.41) is 12.0. The number of aliphatic hydroxyl groups is 1. The number of amides is 1. The number of aliphatic hydroxyl groups excluding tert-OH is 1. The number of hydrogen-bond acceptors (Lipinski definition) is 3. The molecule has 19 heavy (non-hydrogen) atoms. The maximum absolute atomic E-state index is 13.7. The predicted molar refractivity (Wildman–Crippen MR) is 71.3 cm³/mol. The molecule has 5 heteroatoms. The van der Waals surface area contributed by atoms with Gasteiger partial charge in [0, 0.05) is 31.4 Å². The zero-order valence-electron chi connectivity index (χ0n) is 11.0. The van der Waals surface area contributed by atoms with E-state index in [4.69, 9.17) is 0 Å². The monoisotopic (exact) mass is 266 g/mol. The summed E-state index contributed by atoms with van der Waals surface area (Å²) in [6.07, 6.45) is 1.74. The van der Waals surface area contributed by atoms with Crippen molar-refractivity contribution in [3.8, 4) is 0 Å². The second-order valence-corrected chi connectivity index (χ2v) is 4.80. The highest BCUT2D eigenvalue weighted by Crippen LogP contribution is 2.28. The van der Waals surface area contributed by atoms with Gasteiger partial charge in [-0.2, -0.15) is 0 Å². The molecule has 0 spiro atoms. The van der Waals surface area contributed by atoms with Gasteiger partial charge in [0.2, 0.25) is 5.91 Å². The van der Waals surface area contributed by atoms with Gasteiger partial charge in [-0.05, 0) is 25.0 Å². The van der Waals surface area contributed by atoms with Crippen LogP contribution in [0, 0.1) is 11.7 Å². The van der Waals surface area contributed by atoms with E-state index in [0.29, 0.717) is 17.8 Å². The van der Waals surface area contributed by atoms with Gasteiger partial charge in [-0.15, -0.1) is 0 Å². The second-order valence-electron chi connectivity index (χ2n) is 4.80. The molecule has 2 rings (SSSR count). The first-order valence-electron chi connectivity index (χ1n) is 6.52. The van der Waals surface area contributed by atoms with E-state index >= 15 is 0 Å². The van der Waals surface area contributed by atoms with Crippen LogP contribution in [-0.2, 0) is 11.4 Å². The van der Waals surface area contributed by atoms with Gasteiger partial charge in [0.25, 0.3) is 0 Å². The number of carbonyl (C=O) groups is 1. The molecule has 1 aliphatic heterocycles. The fourth-order valence-electron chi connectivity index (χ4n) is 2.61. The number of piperidine rings is 1. The zero-order valence-corrected chi connectivity index (χ0v) is 11.0. The molecule has 0 saturated carbocycles. The van der Waals surface area contributed by atoms with Crippen LogP contribution in [0.5, 0.6) is 0 Å². The molecule has 0 aromatic heterocycles. The van der Waals surface area contributed by atoms with Crippen molar-refractivity contribution < 1.29 is 14.3 Å². The number of benzene rings is 1. The van der Waals surface area contributed by atoms with Crippen LogP contribution in [0.3, 0.4) is 0 Å². The molecule has 1 saturated heterocycles. The van der Waals surface area contributed by atoms with Crippen molar-refractivity contribution in [3.63, 3.8) is 0 Å².